The topological polar surface area (TPSA) is 106 Å². The number of thioether (sulfide) groups is 1. The van der Waals surface area contributed by atoms with Gasteiger partial charge in [0.15, 0.2) is 5.16 Å². The van der Waals surface area contributed by atoms with Crippen LogP contribution >= 0.6 is 11.8 Å². The summed E-state index contributed by atoms with van der Waals surface area (Å²) in [7, 11) is 2.88. The van der Waals surface area contributed by atoms with Crippen LogP contribution in [0.3, 0.4) is 0 Å². The summed E-state index contributed by atoms with van der Waals surface area (Å²) in [4.78, 5) is 37.6. The molecule has 1 heterocycles. The summed E-state index contributed by atoms with van der Waals surface area (Å²) in [6.07, 6.45) is 0. The Balaban J connectivity index is 2.82. The Morgan fingerprint density at radius 3 is 2.70 bits per heavy atom. The Kier molecular flexibility index (Phi) is 5.96. The number of hydrogen-bond acceptors (Lipinski definition) is 7. The third-order valence-corrected chi connectivity index (χ3v) is 3.47. The van der Waals surface area contributed by atoms with E-state index < -0.39 is 17.2 Å². The molecule has 9 heteroatoms. The van der Waals surface area contributed by atoms with Gasteiger partial charge < -0.3 is 10.1 Å². The monoisotopic (exact) mass is 302 g/mol. The van der Waals surface area contributed by atoms with Crippen LogP contribution in [0, 0.1) is 0 Å². The molecular weight excluding hydrogens is 284 g/mol. The number of carbonyl (C=O) groups excluding carboxylic acids is 1. The fraction of sp³-hybridized carbons (Fsp3) is 0.636. The van der Waals surface area contributed by atoms with Crippen LogP contribution in [0.15, 0.2) is 14.7 Å². The maximum absolute atomic E-state index is 11.6. The van der Waals surface area contributed by atoms with E-state index in [4.69, 9.17) is 4.74 Å². The Hall–Kier alpha value is -1.61. The van der Waals surface area contributed by atoms with Gasteiger partial charge >= 0.3 is 17.1 Å². The summed E-state index contributed by atoms with van der Waals surface area (Å²) in [6.45, 7) is 3.82. The largest absolute Gasteiger partial charge is 0.468 e. The summed E-state index contributed by atoms with van der Waals surface area (Å²) in [5, 5.41) is 5.74. The number of H-pyrrole nitrogens is 1. The summed E-state index contributed by atoms with van der Waals surface area (Å²) in [5.74, 6) is -0.0578. The summed E-state index contributed by atoms with van der Waals surface area (Å²) >= 11 is 1.18. The molecule has 0 bridgehead atoms. The van der Waals surface area contributed by atoms with Gasteiger partial charge in [0.1, 0.15) is 6.04 Å². The Morgan fingerprint density at radius 1 is 1.50 bits per heavy atom. The lowest BCUT2D eigenvalue weighted by atomic mass is 10.3. The van der Waals surface area contributed by atoms with E-state index in [0.717, 1.165) is 0 Å². The van der Waals surface area contributed by atoms with E-state index in [1.807, 2.05) is 13.8 Å². The van der Waals surface area contributed by atoms with Crippen molar-refractivity contribution in [1.82, 2.24) is 20.1 Å². The Morgan fingerprint density at radius 2 is 2.15 bits per heavy atom. The van der Waals surface area contributed by atoms with Crippen LogP contribution in [0.1, 0.15) is 13.8 Å². The van der Waals surface area contributed by atoms with E-state index in [1.165, 1.54) is 23.6 Å². The molecule has 0 spiro atoms. The van der Waals surface area contributed by atoms with Gasteiger partial charge in [0.05, 0.1) is 7.11 Å². The number of hydrogen-bond donors (Lipinski definition) is 2. The lowest BCUT2D eigenvalue weighted by molar-refractivity contribution is -0.142. The first kappa shape index (κ1) is 16.4. The SMILES string of the molecule is COC(=O)C(CSc1nc(=O)c(=O)[nH]n1C)NC(C)C. The number of aromatic nitrogens is 3. The minimum Gasteiger partial charge on any atom is -0.468 e. The van der Waals surface area contributed by atoms with Gasteiger partial charge in [-0.1, -0.05) is 25.6 Å². The maximum Gasteiger partial charge on any atom is 0.339 e. The smallest absolute Gasteiger partial charge is 0.339 e. The molecule has 0 saturated carbocycles. The van der Waals surface area contributed by atoms with Crippen LogP contribution in [0.2, 0.25) is 0 Å². The van der Waals surface area contributed by atoms with Crippen LogP contribution in [0.5, 0.6) is 0 Å². The van der Waals surface area contributed by atoms with Gasteiger partial charge in [-0.05, 0) is 0 Å². The maximum atomic E-state index is 11.6. The predicted molar refractivity (Wildman–Crippen MR) is 74.9 cm³/mol. The number of ether oxygens (including phenoxy) is 1. The van der Waals surface area contributed by atoms with E-state index >= 15 is 0 Å². The van der Waals surface area contributed by atoms with Gasteiger partial charge in [0.2, 0.25) is 0 Å². The van der Waals surface area contributed by atoms with Crippen molar-refractivity contribution < 1.29 is 9.53 Å². The van der Waals surface area contributed by atoms with Crippen LogP contribution in [-0.2, 0) is 16.6 Å². The molecule has 8 nitrogen and oxygen atoms in total. The zero-order valence-corrected chi connectivity index (χ0v) is 12.6. The highest BCUT2D eigenvalue weighted by Gasteiger charge is 2.21. The molecule has 112 valence electrons. The molecule has 0 aromatic carbocycles. The zero-order valence-electron chi connectivity index (χ0n) is 11.8. The van der Waals surface area contributed by atoms with Crippen molar-refractivity contribution >= 4 is 17.7 Å². The lowest BCUT2D eigenvalue weighted by Crippen LogP contribution is -2.43. The first-order valence-corrected chi connectivity index (χ1v) is 6.97. The van der Waals surface area contributed by atoms with Gasteiger partial charge in [-0.25, -0.2) is 0 Å². The second-order valence-electron chi connectivity index (χ2n) is 4.41. The number of nitrogens with zero attached hydrogens (tertiary/aromatic N) is 2. The van der Waals surface area contributed by atoms with Crippen molar-refractivity contribution in [3.05, 3.63) is 20.7 Å². The van der Waals surface area contributed by atoms with Crippen molar-refractivity contribution in [3.63, 3.8) is 0 Å². The molecule has 2 N–H and O–H groups in total. The average Bonchev–Trinajstić information content (AvgIpc) is 2.38. The number of methoxy groups -OCH3 is 1. The molecule has 0 fully saturated rings. The summed E-state index contributed by atoms with van der Waals surface area (Å²) in [5.41, 5.74) is -1.63. The third kappa shape index (κ3) is 4.49. The van der Waals surface area contributed by atoms with E-state index in [2.05, 4.69) is 15.4 Å². The van der Waals surface area contributed by atoms with Gasteiger partial charge in [-0.2, -0.15) is 4.98 Å². The van der Waals surface area contributed by atoms with Crippen molar-refractivity contribution in [2.45, 2.75) is 31.1 Å². The van der Waals surface area contributed by atoms with Crippen molar-refractivity contribution in [2.24, 2.45) is 7.05 Å². The van der Waals surface area contributed by atoms with Gasteiger partial charge in [0, 0.05) is 18.8 Å². The molecule has 0 aliphatic heterocycles. The molecular formula is C11H18N4O4S. The highest BCUT2D eigenvalue weighted by molar-refractivity contribution is 7.99. The molecule has 1 aromatic rings. The number of aryl methyl sites for hydroxylation is 1. The van der Waals surface area contributed by atoms with E-state index in [1.54, 1.807) is 7.05 Å². The number of carbonyl (C=O) groups is 1. The standard InChI is InChI=1S/C11H18N4O4S/c1-6(2)12-7(10(18)19-4)5-20-11-13-8(16)9(17)14-15(11)3/h6-7,12H,5H2,1-4H3,(H,14,17). The van der Waals surface area contributed by atoms with Crippen LogP contribution < -0.4 is 16.4 Å². The van der Waals surface area contributed by atoms with Gasteiger partial charge in [-0.15, -0.1) is 0 Å². The number of rotatable bonds is 6. The Bertz CT molecular complexity index is 581. The summed E-state index contributed by atoms with van der Waals surface area (Å²) < 4.78 is 6.06. The molecule has 1 unspecified atom stereocenters. The lowest BCUT2D eigenvalue weighted by Gasteiger charge is -2.18. The number of esters is 1. The minimum atomic E-state index is -0.850. The second kappa shape index (κ2) is 7.25. The van der Waals surface area contributed by atoms with Crippen molar-refractivity contribution in [3.8, 4) is 0 Å². The fourth-order valence-electron chi connectivity index (χ4n) is 1.48. The second-order valence-corrected chi connectivity index (χ2v) is 5.39. The molecule has 1 aromatic heterocycles. The van der Waals surface area contributed by atoms with E-state index in [0.29, 0.717) is 10.9 Å². The van der Waals surface area contributed by atoms with Crippen LogP contribution in [-0.4, -0.2) is 45.7 Å². The van der Waals surface area contributed by atoms with Crippen LogP contribution in [0.4, 0.5) is 0 Å². The molecule has 1 atom stereocenters. The number of aromatic amines is 1. The highest BCUT2D eigenvalue weighted by Crippen LogP contribution is 2.13. The average molecular weight is 302 g/mol. The molecule has 20 heavy (non-hydrogen) atoms. The summed E-state index contributed by atoms with van der Waals surface area (Å²) in [6, 6.07) is -0.416. The third-order valence-electron chi connectivity index (χ3n) is 2.35. The fourth-order valence-corrected chi connectivity index (χ4v) is 2.41. The molecule has 0 aliphatic rings. The van der Waals surface area contributed by atoms with Gasteiger partial charge in [0.25, 0.3) is 0 Å². The van der Waals surface area contributed by atoms with Gasteiger partial charge in [-0.3, -0.25) is 24.2 Å². The number of nitrogens with one attached hydrogen (secondary N) is 2. The van der Waals surface area contributed by atoms with Crippen LogP contribution in [0.25, 0.3) is 0 Å². The minimum absolute atomic E-state index is 0.104. The van der Waals surface area contributed by atoms with E-state index in [9.17, 15) is 14.4 Å². The molecule has 1 rings (SSSR count). The molecule has 0 saturated heterocycles. The van der Waals surface area contributed by atoms with Crippen molar-refractivity contribution in [1.29, 1.82) is 0 Å². The molecule has 0 radical (unpaired) electrons. The molecule has 0 amide bonds. The zero-order chi connectivity index (χ0) is 15.3. The quantitative estimate of drug-likeness (QED) is 0.398. The van der Waals surface area contributed by atoms with E-state index in [-0.39, 0.29) is 12.0 Å². The molecule has 0 aliphatic carbocycles. The first-order chi connectivity index (χ1) is 9.35. The predicted octanol–water partition coefficient (Wildman–Crippen LogP) is -0.900. The first-order valence-electron chi connectivity index (χ1n) is 5.99. The Labute approximate surface area is 119 Å². The van der Waals surface area contributed by atoms with Crippen molar-refractivity contribution in [2.75, 3.05) is 12.9 Å². The normalized spacial score (nSPS) is 12.4. The highest BCUT2D eigenvalue weighted by atomic mass is 32.2.